The molecular formula is C13H16O5. The first kappa shape index (κ1) is 14.2. The molecule has 0 saturated carbocycles. The topological polar surface area (TPSA) is 72.8 Å². The minimum atomic E-state index is -1.04. The van der Waals surface area contributed by atoms with E-state index in [2.05, 4.69) is 4.74 Å². The third-order valence-corrected chi connectivity index (χ3v) is 2.12. The number of rotatable bonds is 6. The Morgan fingerprint density at radius 3 is 2.50 bits per heavy atom. The van der Waals surface area contributed by atoms with Gasteiger partial charge in [-0.3, -0.25) is 4.79 Å². The van der Waals surface area contributed by atoms with E-state index >= 15 is 0 Å². The number of carbonyl (C=O) groups is 2. The van der Waals surface area contributed by atoms with E-state index in [9.17, 15) is 14.7 Å². The standard InChI is InChI=1S/C13H16O5/c1-2-17-12(15)8-11(14)9-18-13(16)10-6-4-3-5-7-10/h3-7,11,14H,2,8-9H2,1H3/t11-/m0/s1. The van der Waals surface area contributed by atoms with Crippen LogP contribution in [-0.4, -0.2) is 36.4 Å². The monoisotopic (exact) mass is 252 g/mol. The average molecular weight is 252 g/mol. The summed E-state index contributed by atoms with van der Waals surface area (Å²) in [4.78, 5) is 22.6. The third-order valence-electron chi connectivity index (χ3n) is 2.12. The van der Waals surface area contributed by atoms with Crippen LogP contribution in [-0.2, 0) is 14.3 Å². The Hall–Kier alpha value is -1.88. The summed E-state index contributed by atoms with van der Waals surface area (Å²) >= 11 is 0. The number of aliphatic hydroxyl groups is 1. The highest BCUT2D eigenvalue weighted by Gasteiger charge is 2.14. The summed E-state index contributed by atoms with van der Waals surface area (Å²) in [6.45, 7) is 1.71. The molecule has 0 bridgehead atoms. The van der Waals surface area contributed by atoms with Gasteiger partial charge >= 0.3 is 11.9 Å². The quantitative estimate of drug-likeness (QED) is 0.769. The van der Waals surface area contributed by atoms with Gasteiger partial charge in [0.05, 0.1) is 24.7 Å². The molecule has 0 unspecified atom stereocenters. The van der Waals surface area contributed by atoms with E-state index in [-0.39, 0.29) is 19.6 Å². The van der Waals surface area contributed by atoms with Crippen molar-refractivity contribution in [3.63, 3.8) is 0 Å². The maximum Gasteiger partial charge on any atom is 0.338 e. The van der Waals surface area contributed by atoms with Crippen molar-refractivity contribution in [1.29, 1.82) is 0 Å². The zero-order chi connectivity index (χ0) is 13.4. The molecule has 0 aliphatic carbocycles. The third kappa shape index (κ3) is 4.97. The van der Waals surface area contributed by atoms with Crippen LogP contribution in [0.2, 0.25) is 0 Å². The molecule has 98 valence electrons. The summed E-state index contributed by atoms with van der Waals surface area (Å²) in [7, 11) is 0. The number of hydrogen-bond acceptors (Lipinski definition) is 5. The fourth-order valence-electron chi connectivity index (χ4n) is 1.30. The van der Waals surface area contributed by atoms with Crippen LogP contribution in [0, 0.1) is 0 Å². The summed E-state index contributed by atoms with van der Waals surface area (Å²) in [5.41, 5.74) is 0.404. The van der Waals surface area contributed by atoms with Crippen LogP contribution in [0.15, 0.2) is 30.3 Å². The molecule has 18 heavy (non-hydrogen) atoms. The molecular weight excluding hydrogens is 236 g/mol. The molecule has 1 rings (SSSR count). The van der Waals surface area contributed by atoms with Gasteiger partial charge in [0.15, 0.2) is 0 Å². The van der Waals surface area contributed by atoms with E-state index < -0.39 is 18.0 Å². The molecule has 0 spiro atoms. The molecule has 1 aromatic rings. The SMILES string of the molecule is CCOC(=O)C[C@H](O)COC(=O)c1ccccc1. The normalized spacial score (nSPS) is 11.7. The molecule has 5 nitrogen and oxygen atoms in total. The first-order valence-corrected chi connectivity index (χ1v) is 5.69. The predicted octanol–water partition coefficient (Wildman–Crippen LogP) is 1.16. The molecule has 1 aromatic carbocycles. The van der Waals surface area contributed by atoms with Crippen molar-refractivity contribution in [1.82, 2.24) is 0 Å². The molecule has 0 aliphatic heterocycles. The highest BCUT2D eigenvalue weighted by molar-refractivity contribution is 5.89. The molecule has 0 radical (unpaired) electrons. The van der Waals surface area contributed by atoms with E-state index in [4.69, 9.17) is 4.74 Å². The van der Waals surface area contributed by atoms with Gasteiger partial charge in [-0.25, -0.2) is 4.79 Å². The van der Waals surface area contributed by atoms with Crippen LogP contribution in [0.5, 0.6) is 0 Å². The lowest BCUT2D eigenvalue weighted by molar-refractivity contribution is -0.145. The van der Waals surface area contributed by atoms with E-state index in [1.807, 2.05) is 0 Å². The predicted molar refractivity (Wildman–Crippen MR) is 64.0 cm³/mol. The zero-order valence-electron chi connectivity index (χ0n) is 10.2. The van der Waals surface area contributed by atoms with E-state index in [0.717, 1.165) is 0 Å². The zero-order valence-corrected chi connectivity index (χ0v) is 10.2. The summed E-state index contributed by atoms with van der Waals surface area (Å²) in [5, 5.41) is 9.46. The summed E-state index contributed by atoms with van der Waals surface area (Å²) in [6.07, 6.45) is -1.23. The number of ether oxygens (including phenoxy) is 2. The molecule has 0 saturated heterocycles. The fourth-order valence-corrected chi connectivity index (χ4v) is 1.30. The first-order chi connectivity index (χ1) is 8.63. The lowest BCUT2D eigenvalue weighted by Crippen LogP contribution is -2.23. The number of esters is 2. The highest BCUT2D eigenvalue weighted by Crippen LogP contribution is 2.03. The van der Waals surface area contributed by atoms with Gasteiger partial charge in [0, 0.05) is 0 Å². The van der Waals surface area contributed by atoms with Crippen LogP contribution in [0.4, 0.5) is 0 Å². The van der Waals surface area contributed by atoms with E-state index in [1.54, 1.807) is 37.3 Å². The minimum Gasteiger partial charge on any atom is -0.466 e. The van der Waals surface area contributed by atoms with E-state index in [1.165, 1.54) is 0 Å². The van der Waals surface area contributed by atoms with Crippen molar-refractivity contribution in [2.24, 2.45) is 0 Å². The van der Waals surface area contributed by atoms with Gasteiger partial charge in [-0.15, -0.1) is 0 Å². The van der Waals surface area contributed by atoms with Crippen molar-refractivity contribution in [2.75, 3.05) is 13.2 Å². The van der Waals surface area contributed by atoms with Crippen LogP contribution < -0.4 is 0 Å². The van der Waals surface area contributed by atoms with Gasteiger partial charge in [-0.05, 0) is 19.1 Å². The molecule has 0 aromatic heterocycles. The van der Waals surface area contributed by atoms with Gasteiger partial charge in [0.1, 0.15) is 6.61 Å². The van der Waals surface area contributed by atoms with Gasteiger partial charge in [-0.2, -0.15) is 0 Å². The van der Waals surface area contributed by atoms with Gasteiger partial charge in [-0.1, -0.05) is 18.2 Å². The molecule has 0 amide bonds. The second-order valence-electron chi connectivity index (χ2n) is 3.63. The maximum atomic E-state index is 11.5. The van der Waals surface area contributed by atoms with Gasteiger partial charge in [0.2, 0.25) is 0 Å². The van der Waals surface area contributed by atoms with Crippen LogP contribution in [0.1, 0.15) is 23.7 Å². The second-order valence-corrected chi connectivity index (χ2v) is 3.63. The summed E-state index contributed by atoms with van der Waals surface area (Å²) in [6, 6.07) is 8.43. The van der Waals surface area contributed by atoms with E-state index in [0.29, 0.717) is 5.56 Å². The van der Waals surface area contributed by atoms with Gasteiger partial charge < -0.3 is 14.6 Å². The van der Waals surface area contributed by atoms with Crippen molar-refractivity contribution in [3.05, 3.63) is 35.9 Å². The molecule has 0 heterocycles. The first-order valence-electron chi connectivity index (χ1n) is 5.69. The molecule has 0 aliphatic rings. The number of hydrogen-bond donors (Lipinski definition) is 1. The Bertz CT molecular complexity index is 388. The summed E-state index contributed by atoms with van der Waals surface area (Å²) in [5.74, 6) is -1.04. The Morgan fingerprint density at radius 2 is 1.89 bits per heavy atom. The number of aliphatic hydroxyl groups excluding tert-OH is 1. The fraction of sp³-hybridized carbons (Fsp3) is 0.385. The van der Waals surface area contributed by atoms with Crippen molar-refractivity contribution in [3.8, 4) is 0 Å². The largest absolute Gasteiger partial charge is 0.466 e. The minimum absolute atomic E-state index is 0.185. The average Bonchev–Trinajstić information content (AvgIpc) is 2.37. The molecule has 1 atom stereocenters. The summed E-state index contributed by atoms with van der Waals surface area (Å²) < 4.78 is 9.54. The smallest absolute Gasteiger partial charge is 0.338 e. The second kappa shape index (κ2) is 7.45. The Labute approximate surface area is 105 Å². The Kier molecular flexibility index (Phi) is 5.87. The van der Waals surface area contributed by atoms with Crippen molar-refractivity contribution >= 4 is 11.9 Å². The Morgan fingerprint density at radius 1 is 1.22 bits per heavy atom. The number of benzene rings is 1. The lowest BCUT2D eigenvalue weighted by Gasteiger charge is -2.10. The maximum absolute atomic E-state index is 11.5. The van der Waals surface area contributed by atoms with Crippen LogP contribution in [0.25, 0.3) is 0 Å². The molecule has 5 heteroatoms. The van der Waals surface area contributed by atoms with Crippen LogP contribution in [0.3, 0.4) is 0 Å². The van der Waals surface area contributed by atoms with Crippen molar-refractivity contribution < 1.29 is 24.2 Å². The number of carbonyl (C=O) groups excluding carboxylic acids is 2. The van der Waals surface area contributed by atoms with Crippen LogP contribution >= 0.6 is 0 Å². The molecule has 1 N–H and O–H groups in total. The van der Waals surface area contributed by atoms with Crippen molar-refractivity contribution in [2.45, 2.75) is 19.4 Å². The van der Waals surface area contributed by atoms with Gasteiger partial charge in [0.25, 0.3) is 0 Å². The highest BCUT2D eigenvalue weighted by atomic mass is 16.5. The lowest BCUT2D eigenvalue weighted by atomic mass is 10.2. The molecule has 0 fully saturated rings. The Balaban J connectivity index is 2.32.